The standard InChI is InChI=1S/C16H22N2O3/c1-20-14-6-4-3-5-13(14)17-16(15(19)21-2)11-18-9-7-12(16)8-10-18/h3-6,12,17H,7-11H2,1-2H3. The highest BCUT2D eigenvalue weighted by Crippen LogP contribution is 2.40. The van der Waals surface area contributed by atoms with Crippen molar-refractivity contribution in [2.24, 2.45) is 5.92 Å². The molecule has 0 aliphatic carbocycles. The lowest BCUT2D eigenvalue weighted by Crippen LogP contribution is -2.67. The van der Waals surface area contributed by atoms with E-state index in [9.17, 15) is 4.79 Å². The number of para-hydroxylation sites is 2. The van der Waals surface area contributed by atoms with Gasteiger partial charge >= 0.3 is 5.97 Å². The van der Waals surface area contributed by atoms with Crippen molar-refractivity contribution >= 4 is 11.7 Å². The molecule has 3 saturated heterocycles. The molecule has 0 spiro atoms. The number of nitrogens with zero attached hydrogens (tertiary/aromatic N) is 1. The molecule has 114 valence electrons. The number of esters is 1. The number of hydrogen-bond donors (Lipinski definition) is 1. The van der Waals surface area contributed by atoms with Crippen molar-refractivity contribution in [2.45, 2.75) is 18.4 Å². The largest absolute Gasteiger partial charge is 0.495 e. The molecule has 21 heavy (non-hydrogen) atoms. The predicted octanol–water partition coefficient (Wildman–Crippen LogP) is 1.74. The molecule has 0 amide bonds. The number of carbonyl (C=O) groups is 1. The number of nitrogens with one attached hydrogen (secondary N) is 1. The molecular formula is C16H22N2O3. The molecule has 5 nitrogen and oxygen atoms in total. The zero-order valence-corrected chi connectivity index (χ0v) is 12.6. The molecule has 3 heterocycles. The van der Waals surface area contributed by atoms with E-state index in [4.69, 9.17) is 9.47 Å². The van der Waals surface area contributed by atoms with E-state index in [-0.39, 0.29) is 5.97 Å². The first-order valence-electron chi connectivity index (χ1n) is 7.41. The van der Waals surface area contributed by atoms with Crippen LogP contribution in [0.1, 0.15) is 12.8 Å². The summed E-state index contributed by atoms with van der Waals surface area (Å²) in [7, 11) is 3.10. The fourth-order valence-electron chi connectivity index (χ4n) is 3.66. The maximum absolute atomic E-state index is 12.5. The van der Waals surface area contributed by atoms with Gasteiger partial charge in [0.15, 0.2) is 5.54 Å². The molecule has 5 heteroatoms. The van der Waals surface area contributed by atoms with Crippen LogP contribution in [0.4, 0.5) is 5.69 Å². The Morgan fingerprint density at radius 3 is 2.57 bits per heavy atom. The minimum atomic E-state index is -0.667. The molecule has 2 bridgehead atoms. The molecule has 3 fully saturated rings. The fraction of sp³-hybridized carbons (Fsp3) is 0.562. The third-order valence-corrected chi connectivity index (χ3v) is 4.77. The molecule has 0 saturated carbocycles. The Balaban J connectivity index is 1.95. The van der Waals surface area contributed by atoms with Gasteiger partial charge in [0.25, 0.3) is 0 Å². The van der Waals surface area contributed by atoms with E-state index >= 15 is 0 Å². The van der Waals surface area contributed by atoms with Gasteiger partial charge in [-0.2, -0.15) is 0 Å². The van der Waals surface area contributed by atoms with Crippen LogP contribution in [0.3, 0.4) is 0 Å². The number of rotatable bonds is 4. The summed E-state index contributed by atoms with van der Waals surface area (Å²) in [6, 6.07) is 7.71. The first-order valence-corrected chi connectivity index (χ1v) is 7.41. The maximum Gasteiger partial charge on any atom is 0.333 e. The van der Waals surface area contributed by atoms with E-state index < -0.39 is 5.54 Å². The van der Waals surface area contributed by atoms with Crippen molar-refractivity contribution in [3.8, 4) is 5.75 Å². The summed E-state index contributed by atoms with van der Waals surface area (Å²) in [5, 5.41) is 3.45. The van der Waals surface area contributed by atoms with Crippen LogP contribution < -0.4 is 10.1 Å². The summed E-state index contributed by atoms with van der Waals surface area (Å²) in [6.07, 6.45) is 2.05. The monoisotopic (exact) mass is 290 g/mol. The number of fused-ring (bicyclic) bond motifs is 3. The van der Waals surface area contributed by atoms with Crippen molar-refractivity contribution in [3.63, 3.8) is 0 Å². The van der Waals surface area contributed by atoms with E-state index in [0.29, 0.717) is 12.5 Å². The van der Waals surface area contributed by atoms with Gasteiger partial charge in [-0.25, -0.2) is 4.79 Å². The molecule has 1 unspecified atom stereocenters. The summed E-state index contributed by atoms with van der Waals surface area (Å²) in [5.74, 6) is 0.875. The van der Waals surface area contributed by atoms with Crippen LogP contribution in [-0.4, -0.2) is 50.3 Å². The summed E-state index contributed by atoms with van der Waals surface area (Å²) < 4.78 is 10.5. The van der Waals surface area contributed by atoms with Crippen LogP contribution in [0.25, 0.3) is 0 Å². The number of piperidine rings is 3. The summed E-state index contributed by atoms with van der Waals surface area (Å²) in [6.45, 7) is 2.83. The lowest BCUT2D eigenvalue weighted by molar-refractivity contribution is -0.153. The van der Waals surface area contributed by atoms with Gasteiger partial charge in [-0.15, -0.1) is 0 Å². The van der Waals surface area contributed by atoms with Gasteiger partial charge in [-0.1, -0.05) is 12.1 Å². The van der Waals surface area contributed by atoms with Crippen LogP contribution in [0.15, 0.2) is 24.3 Å². The van der Waals surface area contributed by atoms with E-state index in [1.807, 2.05) is 24.3 Å². The van der Waals surface area contributed by atoms with Crippen LogP contribution in [0.2, 0.25) is 0 Å². The van der Waals surface area contributed by atoms with Gasteiger partial charge in [-0.3, -0.25) is 0 Å². The minimum absolute atomic E-state index is 0.178. The van der Waals surface area contributed by atoms with Crippen LogP contribution in [-0.2, 0) is 9.53 Å². The molecule has 1 N–H and O–H groups in total. The average molecular weight is 290 g/mol. The van der Waals surface area contributed by atoms with Gasteiger partial charge in [-0.05, 0) is 44.0 Å². The second-order valence-electron chi connectivity index (χ2n) is 5.84. The van der Waals surface area contributed by atoms with Gasteiger partial charge in [0.2, 0.25) is 0 Å². The van der Waals surface area contributed by atoms with Crippen molar-refractivity contribution in [1.82, 2.24) is 4.90 Å². The minimum Gasteiger partial charge on any atom is -0.495 e. The molecule has 1 aromatic carbocycles. The molecule has 0 radical (unpaired) electrons. The lowest BCUT2D eigenvalue weighted by Gasteiger charge is -2.51. The summed E-state index contributed by atoms with van der Waals surface area (Å²) >= 11 is 0. The Bertz CT molecular complexity index is 526. The van der Waals surface area contributed by atoms with Gasteiger partial charge in [0, 0.05) is 6.54 Å². The van der Waals surface area contributed by atoms with Crippen molar-refractivity contribution < 1.29 is 14.3 Å². The van der Waals surface area contributed by atoms with Crippen LogP contribution >= 0.6 is 0 Å². The number of benzene rings is 1. The first-order chi connectivity index (χ1) is 10.2. The zero-order valence-electron chi connectivity index (χ0n) is 12.6. The number of methoxy groups -OCH3 is 2. The molecule has 1 atom stereocenters. The Labute approximate surface area is 125 Å². The summed E-state index contributed by atoms with van der Waals surface area (Å²) in [5.41, 5.74) is 0.180. The predicted molar refractivity (Wildman–Crippen MR) is 80.5 cm³/mol. The zero-order chi connectivity index (χ0) is 14.9. The lowest BCUT2D eigenvalue weighted by atomic mass is 9.72. The van der Waals surface area contributed by atoms with E-state index in [1.54, 1.807) is 7.11 Å². The molecular weight excluding hydrogens is 268 g/mol. The van der Waals surface area contributed by atoms with E-state index in [1.165, 1.54) is 7.11 Å². The normalized spacial score (nSPS) is 30.8. The van der Waals surface area contributed by atoms with Crippen LogP contribution in [0, 0.1) is 5.92 Å². The van der Waals surface area contributed by atoms with Gasteiger partial charge in [0.05, 0.1) is 19.9 Å². The second kappa shape index (κ2) is 5.56. The number of anilines is 1. The SMILES string of the molecule is COC(=O)C1(Nc2ccccc2OC)CN2CCC1CC2. The Kier molecular flexibility index (Phi) is 3.76. The quantitative estimate of drug-likeness (QED) is 0.856. The topological polar surface area (TPSA) is 50.8 Å². The number of carbonyl (C=O) groups excluding carboxylic acids is 1. The first kappa shape index (κ1) is 14.2. The Morgan fingerprint density at radius 2 is 2.00 bits per heavy atom. The van der Waals surface area contributed by atoms with Gasteiger partial charge in [0.1, 0.15) is 5.75 Å². The van der Waals surface area contributed by atoms with E-state index in [0.717, 1.165) is 37.4 Å². The molecule has 0 aromatic heterocycles. The van der Waals surface area contributed by atoms with Crippen LogP contribution in [0.5, 0.6) is 5.75 Å². The Morgan fingerprint density at radius 1 is 1.29 bits per heavy atom. The molecule has 4 rings (SSSR count). The smallest absolute Gasteiger partial charge is 0.333 e. The fourth-order valence-corrected chi connectivity index (χ4v) is 3.66. The highest BCUT2D eigenvalue weighted by atomic mass is 16.5. The molecule has 1 aromatic rings. The molecule has 3 aliphatic rings. The van der Waals surface area contributed by atoms with Crippen molar-refractivity contribution in [2.75, 3.05) is 39.2 Å². The molecule has 3 aliphatic heterocycles. The van der Waals surface area contributed by atoms with Crippen molar-refractivity contribution in [3.05, 3.63) is 24.3 Å². The third kappa shape index (κ3) is 2.35. The van der Waals surface area contributed by atoms with E-state index in [2.05, 4.69) is 10.2 Å². The highest BCUT2D eigenvalue weighted by molar-refractivity contribution is 5.86. The second-order valence-corrected chi connectivity index (χ2v) is 5.84. The Hall–Kier alpha value is -1.75. The highest BCUT2D eigenvalue weighted by Gasteiger charge is 2.53. The van der Waals surface area contributed by atoms with Gasteiger partial charge < -0.3 is 19.7 Å². The number of ether oxygens (including phenoxy) is 2. The third-order valence-electron chi connectivity index (χ3n) is 4.77. The number of hydrogen-bond acceptors (Lipinski definition) is 5. The average Bonchev–Trinajstić information content (AvgIpc) is 2.55. The summed E-state index contributed by atoms with van der Waals surface area (Å²) in [4.78, 5) is 14.9. The van der Waals surface area contributed by atoms with Crippen molar-refractivity contribution in [1.29, 1.82) is 0 Å². The maximum atomic E-state index is 12.5.